The van der Waals surface area contributed by atoms with Gasteiger partial charge in [-0.3, -0.25) is 4.79 Å². The maximum absolute atomic E-state index is 10.9. The molecular formula is C15H23NO. The summed E-state index contributed by atoms with van der Waals surface area (Å²) in [7, 11) is 0. The molecule has 0 spiro atoms. The number of carbonyl (C=O) groups is 1. The number of hydrogen-bond acceptors (Lipinski definition) is 1. The second-order valence-electron chi connectivity index (χ2n) is 4.89. The van der Waals surface area contributed by atoms with Crippen LogP contribution in [0.2, 0.25) is 0 Å². The van der Waals surface area contributed by atoms with E-state index in [0.29, 0.717) is 0 Å². The van der Waals surface area contributed by atoms with Crippen molar-refractivity contribution in [1.82, 2.24) is 4.90 Å². The molecule has 1 fully saturated rings. The molecule has 1 saturated heterocycles. The molecule has 2 nitrogen and oxygen atoms in total. The van der Waals surface area contributed by atoms with Gasteiger partial charge < -0.3 is 4.90 Å². The Kier molecular flexibility index (Phi) is 5.20. The average Bonchev–Trinajstić information content (AvgIpc) is 2.38. The summed E-state index contributed by atoms with van der Waals surface area (Å²) in [5.74, 6) is 0. The van der Waals surface area contributed by atoms with Crippen LogP contribution in [0.4, 0.5) is 0 Å². The SMILES string of the molecule is C=C/C=C(\C=C)C[C@@]1(CC)CCCN(C=O)C1. The first-order valence-electron chi connectivity index (χ1n) is 6.33. The Bertz CT molecular complexity index is 319. The minimum absolute atomic E-state index is 0.224. The van der Waals surface area contributed by atoms with Crippen LogP contribution in [-0.4, -0.2) is 24.4 Å². The summed E-state index contributed by atoms with van der Waals surface area (Å²) in [5, 5.41) is 0. The first-order valence-corrected chi connectivity index (χ1v) is 6.33. The largest absolute Gasteiger partial charge is 0.345 e. The molecule has 0 N–H and O–H groups in total. The molecule has 0 aliphatic carbocycles. The zero-order valence-electron chi connectivity index (χ0n) is 10.8. The number of carbonyl (C=O) groups excluding carboxylic acids is 1. The monoisotopic (exact) mass is 233 g/mol. The van der Waals surface area contributed by atoms with Gasteiger partial charge in [0.05, 0.1) is 0 Å². The summed E-state index contributed by atoms with van der Waals surface area (Å²) < 4.78 is 0. The second kappa shape index (κ2) is 6.43. The van der Waals surface area contributed by atoms with Gasteiger partial charge in [-0.15, -0.1) is 0 Å². The van der Waals surface area contributed by atoms with E-state index < -0.39 is 0 Å². The predicted octanol–water partition coefficient (Wildman–Crippen LogP) is 3.32. The molecule has 0 radical (unpaired) electrons. The van der Waals surface area contributed by atoms with Crippen molar-refractivity contribution in [2.45, 2.75) is 32.6 Å². The third kappa shape index (κ3) is 3.58. The summed E-state index contributed by atoms with van der Waals surface area (Å²) in [6.07, 6.45) is 11.1. The molecule has 0 unspecified atom stereocenters. The Morgan fingerprint density at radius 1 is 1.47 bits per heavy atom. The summed E-state index contributed by atoms with van der Waals surface area (Å²) >= 11 is 0. The molecule has 0 aromatic heterocycles. The topological polar surface area (TPSA) is 20.3 Å². The van der Waals surface area contributed by atoms with Crippen molar-refractivity contribution in [3.63, 3.8) is 0 Å². The number of allylic oxidation sites excluding steroid dienone is 4. The van der Waals surface area contributed by atoms with Crippen molar-refractivity contribution in [3.05, 3.63) is 37.0 Å². The van der Waals surface area contributed by atoms with Crippen LogP contribution >= 0.6 is 0 Å². The Morgan fingerprint density at radius 3 is 2.76 bits per heavy atom. The molecule has 1 atom stereocenters. The van der Waals surface area contributed by atoms with Crippen molar-refractivity contribution in [2.75, 3.05) is 13.1 Å². The van der Waals surface area contributed by atoms with Gasteiger partial charge in [0.25, 0.3) is 0 Å². The predicted molar refractivity (Wildman–Crippen MR) is 72.7 cm³/mol. The number of hydrogen-bond donors (Lipinski definition) is 0. The summed E-state index contributed by atoms with van der Waals surface area (Å²) in [6, 6.07) is 0. The maximum Gasteiger partial charge on any atom is 0.209 e. The van der Waals surface area contributed by atoms with Crippen LogP contribution in [0.15, 0.2) is 37.0 Å². The quantitative estimate of drug-likeness (QED) is 0.509. The number of rotatable bonds is 6. The average molecular weight is 233 g/mol. The lowest BCUT2D eigenvalue weighted by atomic mass is 9.73. The van der Waals surface area contributed by atoms with E-state index in [9.17, 15) is 4.79 Å². The highest BCUT2D eigenvalue weighted by Gasteiger charge is 2.33. The third-order valence-corrected chi connectivity index (χ3v) is 3.76. The van der Waals surface area contributed by atoms with Gasteiger partial charge in [-0.05, 0) is 36.7 Å². The van der Waals surface area contributed by atoms with E-state index in [-0.39, 0.29) is 5.41 Å². The van der Waals surface area contributed by atoms with Gasteiger partial charge in [-0.2, -0.15) is 0 Å². The second-order valence-corrected chi connectivity index (χ2v) is 4.89. The smallest absolute Gasteiger partial charge is 0.209 e. The molecule has 1 rings (SSSR count). The molecule has 0 saturated carbocycles. The van der Waals surface area contributed by atoms with Crippen LogP contribution in [0.5, 0.6) is 0 Å². The molecule has 0 bridgehead atoms. The Morgan fingerprint density at radius 2 is 2.24 bits per heavy atom. The van der Waals surface area contributed by atoms with E-state index in [1.54, 1.807) is 6.08 Å². The fraction of sp³-hybridized carbons (Fsp3) is 0.533. The lowest BCUT2D eigenvalue weighted by Crippen LogP contribution is -2.42. The molecule has 1 amide bonds. The van der Waals surface area contributed by atoms with Gasteiger partial charge in [0, 0.05) is 13.1 Å². The standard InChI is InChI=1S/C15H23NO/c1-4-8-14(5-2)11-15(6-3)9-7-10-16(12-15)13-17/h4-5,8,13H,1-2,6-7,9-12H2,3H3/b14-8+/t15-/m1/s1. The summed E-state index contributed by atoms with van der Waals surface area (Å²) in [5.41, 5.74) is 1.44. The van der Waals surface area contributed by atoms with Gasteiger partial charge in [-0.1, -0.05) is 38.3 Å². The van der Waals surface area contributed by atoms with Gasteiger partial charge in [-0.25, -0.2) is 0 Å². The van der Waals surface area contributed by atoms with E-state index in [0.717, 1.165) is 38.8 Å². The van der Waals surface area contributed by atoms with Gasteiger partial charge in [0.15, 0.2) is 0 Å². The molecule has 2 heteroatoms. The van der Waals surface area contributed by atoms with Crippen molar-refractivity contribution in [3.8, 4) is 0 Å². The van der Waals surface area contributed by atoms with Crippen molar-refractivity contribution in [1.29, 1.82) is 0 Å². The fourth-order valence-corrected chi connectivity index (χ4v) is 2.68. The zero-order chi connectivity index (χ0) is 12.7. The number of amides is 1. The van der Waals surface area contributed by atoms with Crippen molar-refractivity contribution in [2.24, 2.45) is 5.41 Å². The van der Waals surface area contributed by atoms with Gasteiger partial charge in [0.2, 0.25) is 6.41 Å². The minimum Gasteiger partial charge on any atom is -0.345 e. The lowest BCUT2D eigenvalue weighted by Gasteiger charge is -2.41. The lowest BCUT2D eigenvalue weighted by molar-refractivity contribution is -0.121. The van der Waals surface area contributed by atoms with Crippen LogP contribution in [0.1, 0.15) is 32.6 Å². The summed E-state index contributed by atoms with van der Waals surface area (Å²) in [4.78, 5) is 12.8. The van der Waals surface area contributed by atoms with Crippen molar-refractivity contribution < 1.29 is 4.79 Å². The van der Waals surface area contributed by atoms with Gasteiger partial charge >= 0.3 is 0 Å². The minimum atomic E-state index is 0.224. The molecular weight excluding hydrogens is 210 g/mol. The van der Waals surface area contributed by atoms with Crippen LogP contribution in [-0.2, 0) is 4.79 Å². The fourth-order valence-electron chi connectivity index (χ4n) is 2.68. The van der Waals surface area contributed by atoms with E-state index in [2.05, 4.69) is 20.1 Å². The van der Waals surface area contributed by atoms with Crippen LogP contribution in [0.25, 0.3) is 0 Å². The number of piperidine rings is 1. The van der Waals surface area contributed by atoms with E-state index in [1.165, 1.54) is 12.0 Å². The Hall–Kier alpha value is -1.31. The van der Waals surface area contributed by atoms with E-state index in [1.807, 2.05) is 17.1 Å². The highest BCUT2D eigenvalue weighted by Crippen LogP contribution is 2.38. The number of nitrogens with zero attached hydrogens (tertiary/aromatic N) is 1. The maximum atomic E-state index is 10.9. The molecule has 1 aliphatic rings. The first-order chi connectivity index (χ1) is 8.19. The Labute approximate surface area is 105 Å². The summed E-state index contributed by atoms with van der Waals surface area (Å²) in [6.45, 7) is 11.6. The van der Waals surface area contributed by atoms with Gasteiger partial charge in [0.1, 0.15) is 0 Å². The third-order valence-electron chi connectivity index (χ3n) is 3.76. The normalized spacial score (nSPS) is 25.5. The van der Waals surface area contributed by atoms with Crippen molar-refractivity contribution >= 4 is 6.41 Å². The van der Waals surface area contributed by atoms with Crippen LogP contribution in [0, 0.1) is 5.41 Å². The zero-order valence-corrected chi connectivity index (χ0v) is 10.8. The van der Waals surface area contributed by atoms with E-state index in [4.69, 9.17) is 0 Å². The van der Waals surface area contributed by atoms with E-state index >= 15 is 0 Å². The molecule has 0 aromatic carbocycles. The number of likely N-dealkylation sites (tertiary alicyclic amines) is 1. The highest BCUT2D eigenvalue weighted by atomic mass is 16.1. The molecule has 17 heavy (non-hydrogen) atoms. The first kappa shape index (κ1) is 13.8. The highest BCUT2D eigenvalue weighted by molar-refractivity contribution is 5.47. The van der Waals surface area contributed by atoms with Crippen LogP contribution < -0.4 is 0 Å². The van der Waals surface area contributed by atoms with Crippen LogP contribution in [0.3, 0.4) is 0 Å². The molecule has 1 aliphatic heterocycles. The Balaban J connectivity index is 2.80. The molecule has 0 aromatic rings. The molecule has 1 heterocycles. The molecule has 94 valence electrons.